The molecule has 1 atom stereocenters. The van der Waals surface area contributed by atoms with Gasteiger partial charge in [-0.15, -0.1) is 11.3 Å². The number of fused-ring (bicyclic) bond motifs is 1. The lowest BCUT2D eigenvalue weighted by molar-refractivity contribution is 0.120. The molecule has 1 unspecified atom stereocenters. The summed E-state index contributed by atoms with van der Waals surface area (Å²) in [5, 5.41) is 0. The first-order chi connectivity index (χ1) is 10.6. The molecule has 0 amide bonds. The molecule has 1 aromatic carbocycles. The summed E-state index contributed by atoms with van der Waals surface area (Å²) < 4.78 is 18.8. The van der Waals surface area contributed by atoms with Gasteiger partial charge in [-0.1, -0.05) is 29.9 Å². The zero-order chi connectivity index (χ0) is 16.0. The van der Waals surface area contributed by atoms with Crippen LogP contribution >= 0.6 is 32.9 Å². The van der Waals surface area contributed by atoms with Gasteiger partial charge in [-0.05, 0) is 28.8 Å². The van der Waals surface area contributed by atoms with Crippen LogP contribution in [0.15, 0.2) is 28.6 Å². The summed E-state index contributed by atoms with van der Waals surface area (Å²) in [6.45, 7) is 2.20. The van der Waals surface area contributed by atoms with Gasteiger partial charge in [0, 0.05) is 33.1 Å². The first-order valence-electron chi connectivity index (χ1n) is 6.93. The highest BCUT2D eigenvalue weighted by atomic mass is 33.1. The quantitative estimate of drug-likeness (QED) is 0.473. The zero-order valence-electron chi connectivity index (χ0n) is 13.2. The van der Waals surface area contributed by atoms with Crippen LogP contribution in [0.1, 0.15) is 6.92 Å². The molecule has 4 nitrogen and oxygen atoms in total. The smallest absolute Gasteiger partial charge is 0.377 e. The molecule has 0 radical (unpaired) electrons. The highest BCUT2D eigenvalue weighted by molar-refractivity contribution is 8.77. The Morgan fingerprint density at radius 1 is 1.18 bits per heavy atom. The van der Waals surface area contributed by atoms with Gasteiger partial charge in [-0.2, -0.15) is 0 Å². The van der Waals surface area contributed by atoms with Gasteiger partial charge in [-0.25, -0.2) is 4.98 Å². The SMILES string of the molecule is CO[Si](CC(C)CSSc1nc2ccccc2s1)(OC)OC. The molecule has 0 saturated heterocycles. The Kier molecular flexibility index (Phi) is 7.19. The van der Waals surface area contributed by atoms with E-state index in [4.69, 9.17) is 13.3 Å². The average molecular weight is 376 g/mol. The van der Waals surface area contributed by atoms with Crippen molar-refractivity contribution in [2.45, 2.75) is 17.3 Å². The molecule has 0 spiro atoms. The standard InChI is InChI=1S/C14H21NO3S3Si/c1-11(10-22(16-2,17-3)18-4)9-19-21-14-15-12-7-5-6-8-13(12)20-14/h5-8,11H,9-10H2,1-4H3. The molecule has 0 fully saturated rings. The van der Waals surface area contributed by atoms with Crippen LogP contribution in [0.2, 0.25) is 6.04 Å². The summed E-state index contributed by atoms with van der Waals surface area (Å²) in [6, 6.07) is 9.06. The molecule has 2 rings (SSSR count). The van der Waals surface area contributed by atoms with Gasteiger partial charge >= 0.3 is 8.80 Å². The van der Waals surface area contributed by atoms with Crippen LogP contribution in [-0.2, 0) is 13.3 Å². The number of thiazole rings is 1. The van der Waals surface area contributed by atoms with Crippen LogP contribution in [0.3, 0.4) is 0 Å². The molecule has 0 aliphatic carbocycles. The highest BCUT2D eigenvalue weighted by Gasteiger charge is 2.39. The fraction of sp³-hybridized carbons (Fsp3) is 0.500. The van der Waals surface area contributed by atoms with E-state index in [1.54, 1.807) is 43.5 Å². The minimum atomic E-state index is -2.47. The van der Waals surface area contributed by atoms with E-state index in [-0.39, 0.29) is 0 Å². The second-order valence-corrected chi connectivity index (χ2v) is 11.5. The van der Waals surface area contributed by atoms with E-state index >= 15 is 0 Å². The van der Waals surface area contributed by atoms with Gasteiger partial charge in [0.1, 0.15) is 0 Å². The van der Waals surface area contributed by atoms with E-state index in [0.29, 0.717) is 5.92 Å². The summed E-state index contributed by atoms with van der Waals surface area (Å²) in [5.41, 5.74) is 1.08. The van der Waals surface area contributed by atoms with Gasteiger partial charge in [0.2, 0.25) is 0 Å². The number of para-hydroxylation sites is 1. The van der Waals surface area contributed by atoms with Gasteiger partial charge in [0.15, 0.2) is 4.34 Å². The molecule has 1 heterocycles. The van der Waals surface area contributed by atoms with E-state index < -0.39 is 8.80 Å². The highest BCUT2D eigenvalue weighted by Crippen LogP contribution is 2.38. The Hall–Kier alpha value is -0.0931. The first-order valence-corrected chi connectivity index (χ1v) is 12.0. The molecule has 0 aliphatic heterocycles. The predicted molar refractivity (Wildman–Crippen MR) is 98.7 cm³/mol. The van der Waals surface area contributed by atoms with E-state index in [1.807, 2.05) is 16.9 Å². The molecule has 1 aromatic heterocycles. The second kappa shape index (κ2) is 8.67. The Morgan fingerprint density at radius 3 is 2.50 bits per heavy atom. The third-order valence-corrected chi connectivity index (χ3v) is 10.3. The van der Waals surface area contributed by atoms with E-state index in [1.165, 1.54) is 4.70 Å². The fourth-order valence-electron chi connectivity index (χ4n) is 2.07. The van der Waals surface area contributed by atoms with Crippen molar-refractivity contribution in [3.8, 4) is 0 Å². The Bertz CT molecular complexity index is 550. The third-order valence-electron chi connectivity index (χ3n) is 3.29. The van der Waals surface area contributed by atoms with Crippen LogP contribution in [0.4, 0.5) is 0 Å². The lowest BCUT2D eigenvalue weighted by atomic mass is 10.3. The molecule has 0 bridgehead atoms. The summed E-state index contributed by atoms with van der Waals surface area (Å²) >= 11 is 1.74. The number of hydrogen-bond acceptors (Lipinski definition) is 7. The number of aromatic nitrogens is 1. The molecule has 0 aliphatic rings. The van der Waals surface area contributed by atoms with Crippen molar-refractivity contribution >= 4 is 51.9 Å². The minimum absolute atomic E-state index is 0.457. The van der Waals surface area contributed by atoms with Crippen molar-refractivity contribution in [2.75, 3.05) is 27.1 Å². The lowest BCUT2D eigenvalue weighted by Gasteiger charge is -2.26. The van der Waals surface area contributed by atoms with Crippen molar-refractivity contribution in [3.63, 3.8) is 0 Å². The van der Waals surface area contributed by atoms with E-state index in [0.717, 1.165) is 21.7 Å². The van der Waals surface area contributed by atoms with Crippen molar-refractivity contribution in [1.29, 1.82) is 0 Å². The van der Waals surface area contributed by atoms with Gasteiger partial charge in [-0.3, -0.25) is 0 Å². The fourth-order valence-corrected chi connectivity index (χ4v) is 8.09. The minimum Gasteiger partial charge on any atom is -0.377 e. The maximum absolute atomic E-state index is 5.48. The number of rotatable bonds is 9. The molecule has 122 valence electrons. The largest absolute Gasteiger partial charge is 0.500 e. The average Bonchev–Trinajstić information content (AvgIpc) is 2.95. The van der Waals surface area contributed by atoms with Gasteiger partial charge < -0.3 is 13.3 Å². The Balaban J connectivity index is 1.82. The van der Waals surface area contributed by atoms with Crippen molar-refractivity contribution < 1.29 is 13.3 Å². The summed E-state index contributed by atoms with van der Waals surface area (Å²) in [7, 11) is 6.08. The van der Waals surface area contributed by atoms with Gasteiger partial charge in [0.25, 0.3) is 0 Å². The molecular weight excluding hydrogens is 354 g/mol. The number of benzene rings is 1. The molecular formula is C14H21NO3S3Si. The summed E-state index contributed by atoms with van der Waals surface area (Å²) in [6.07, 6.45) is 0. The topological polar surface area (TPSA) is 40.6 Å². The van der Waals surface area contributed by atoms with E-state index in [2.05, 4.69) is 30.1 Å². The number of nitrogens with zero attached hydrogens (tertiary/aromatic N) is 1. The zero-order valence-corrected chi connectivity index (χ0v) is 16.6. The maximum Gasteiger partial charge on any atom is 0.500 e. The summed E-state index contributed by atoms with van der Waals surface area (Å²) in [4.78, 5) is 4.63. The molecule has 2 aromatic rings. The third kappa shape index (κ3) is 4.70. The molecule has 0 N–H and O–H groups in total. The normalized spacial score (nSPS) is 13.6. The van der Waals surface area contributed by atoms with Gasteiger partial charge in [0.05, 0.1) is 10.2 Å². The van der Waals surface area contributed by atoms with Crippen molar-refractivity contribution in [1.82, 2.24) is 4.98 Å². The Labute approximate surface area is 144 Å². The first kappa shape index (κ1) is 18.2. The van der Waals surface area contributed by atoms with Crippen molar-refractivity contribution in [2.24, 2.45) is 5.92 Å². The second-order valence-electron chi connectivity index (χ2n) is 4.92. The van der Waals surface area contributed by atoms with Crippen LogP contribution in [0.25, 0.3) is 10.2 Å². The van der Waals surface area contributed by atoms with Crippen LogP contribution in [0.5, 0.6) is 0 Å². The van der Waals surface area contributed by atoms with Crippen molar-refractivity contribution in [3.05, 3.63) is 24.3 Å². The Morgan fingerprint density at radius 2 is 1.86 bits per heavy atom. The lowest BCUT2D eigenvalue weighted by Crippen LogP contribution is -2.44. The monoisotopic (exact) mass is 375 g/mol. The number of hydrogen-bond donors (Lipinski definition) is 0. The molecule has 22 heavy (non-hydrogen) atoms. The van der Waals surface area contributed by atoms with Crippen LogP contribution in [0, 0.1) is 5.92 Å². The van der Waals surface area contributed by atoms with Crippen LogP contribution < -0.4 is 0 Å². The van der Waals surface area contributed by atoms with E-state index in [9.17, 15) is 0 Å². The molecule has 8 heteroatoms. The summed E-state index contributed by atoms with van der Waals surface area (Å²) in [5.74, 6) is 1.46. The maximum atomic E-state index is 5.48. The molecule has 0 saturated carbocycles. The predicted octanol–water partition coefficient (Wildman–Crippen LogP) is 4.55. The van der Waals surface area contributed by atoms with Crippen LogP contribution in [-0.4, -0.2) is 40.9 Å².